The molecule has 0 aromatic carbocycles. The standard InChI is InChI=1S/C86H168O17P2/c1-9-79(8)65-57-49-40-34-28-22-18-19-23-29-35-41-50-58-66-83(88)96-72-81(102-85(90)68-60-52-42-36-30-24-16-12-10-14-20-26-32-38-46-54-62-76(2)3)74-100-104(92,93)98-70-80(87)71-99-105(94,95)101-75-82(73-97-84(89)67-59-51-45-44-48-56-64-78(6)7)103-86(91)69-61-53-43-37-31-25-17-13-11-15-21-27-33-39-47-55-63-77(4)5/h76-82,87H,9-75H2,1-8H3,(H,92,93)(H,94,95)/t79?,80?,81-,82-/m1/s1. The quantitative estimate of drug-likeness (QED) is 0.0222. The predicted molar refractivity (Wildman–Crippen MR) is 432 cm³/mol. The van der Waals surface area contributed by atoms with E-state index in [2.05, 4.69) is 55.4 Å². The Hall–Kier alpha value is -1.94. The normalized spacial score (nSPS) is 14.2. The van der Waals surface area contributed by atoms with Gasteiger partial charge in [-0.1, -0.05) is 396 Å². The molecule has 0 saturated heterocycles. The van der Waals surface area contributed by atoms with Crippen molar-refractivity contribution in [2.24, 2.45) is 23.7 Å². The first-order valence-electron chi connectivity index (χ1n) is 44.2. The lowest BCUT2D eigenvalue weighted by Crippen LogP contribution is -2.30. The summed E-state index contributed by atoms with van der Waals surface area (Å²) in [6.07, 6.45) is 64.0. The summed E-state index contributed by atoms with van der Waals surface area (Å²) < 4.78 is 68.9. The van der Waals surface area contributed by atoms with Crippen LogP contribution in [0.15, 0.2) is 0 Å². The molecule has 0 radical (unpaired) electrons. The van der Waals surface area contributed by atoms with E-state index in [1.165, 1.54) is 244 Å². The van der Waals surface area contributed by atoms with Gasteiger partial charge in [0, 0.05) is 25.7 Å². The molecule has 0 aromatic rings. The van der Waals surface area contributed by atoms with E-state index in [-0.39, 0.29) is 25.7 Å². The van der Waals surface area contributed by atoms with Crippen molar-refractivity contribution in [2.45, 2.75) is 465 Å². The zero-order valence-corrected chi connectivity index (χ0v) is 71.2. The van der Waals surface area contributed by atoms with Gasteiger partial charge < -0.3 is 33.8 Å². The molecule has 0 fully saturated rings. The van der Waals surface area contributed by atoms with Crippen molar-refractivity contribution in [1.82, 2.24) is 0 Å². The van der Waals surface area contributed by atoms with Crippen LogP contribution in [0.2, 0.25) is 0 Å². The van der Waals surface area contributed by atoms with Crippen LogP contribution in [-0.2, 0) is 65.4 Å². The first-order chi connectivity index (χ1) is 50.6. The predicted octanol–water partition coefficient (Wildman–Crippen LogP) is 25.9. The van der Waals surface area contributed by atoms with Gasteiger partial charge in [0.05, 0.1) is 26.4 Å². The molecule has 3 N–H and O–H groups in total. The monoisotopic (exact) mass is 1540 g/mol. The molecule has 0 rings (SSSR count). The molecule has 0 saturated carbocycles. The second-order valence-electron chi connectivity index (χ2n) is 32.6. The molecule has 0 aromatic heterocycles. The highest BCUT2D eigenvalue weighted by Crippen LogP contribution is 2.45. The van der Waals surface area contributed by atoms with E-state index in [1.54, 1.807) is 0 Å². The molecular weight excluding hydrogens is 1370 g/mol. The maximum Gasteiger partial charge on any atom is 0.472 e. The molecular formula is C86H168O17P2. The number of hydrogen-bond donors (Lipinski definition) is 3. The van der Waals surface area contributed by atoms with E-state index in [9.17, 15) is 43.2 Å². The Morgan fingerprint density at radius 1 is 0.267 bits per heavy atom. The summed E-state index contributed by atoms with van der Waals surface area (Å²) in [5.74, 6) is 1.04. The second kappa shape index (κ2) is 74.8. The largest absolute Gasteiger partial charge is 0.472 e. The Labute approximate surface area is 645 Å². The number of ether oxygens (including phenoxy) is 4. The third kappa shape index (κ3) is 78.5. The van der Waals surface area contributed by atoms with Crippen LogP contribution in [0.4, 0.5) is 0 Å². The van der Waals surface area contributed by atoms with Crippen molar-refractivity contribution in [1.29, 1.82) is 0 Å². The first-order valence-corrected chi connectivity index (χ1v) is 47.2. The molecule has 0 aliphatic carbocycles. The van der Waals surface area contributed by atoms with Crippen molar-refractivity contribution in [2.75, 3.05) is 39.6 Å². The zero-order chi connectivity index (χ0) is 77.4. The van der Waals surface area contributed by atoms with Crippen molar-refractivity contribution < 1.29 is 80.2 Å². The van der Waals surface area contributed by atoms with E-state index in [4.69, 9.17) is 37.0 Å². The van der Waals surface area contributed by atoms with Crippen LogP contribution in [0.25, 0.3) is 0 Å². The molecule has 17 nitrogen and oxygen atoms in total. The molecule has 0 spiro atoms. The number of hydrogen-bond acceptors (Lipinski definition) is 15. The second-order valence-corrected chi connectivity index (χ2v) is 35.5. The van der Waals surface area contributed by atoms with Crippen molar-refractivity contribution >= 4 is 39.5 Å². The minimum absolute atomic E-state index is 0.107. The Bertz CT molecular complexity index is 2040. The highest BCUT2D eigenvalue weighted by Gasteiger charge is 2.31. The fourth-order valence-corrected chi connectivity index (χ4v) is 14.9. The lowest BCUT2D eigenvalue weighted by molar-refractivity contribution is -0.161. The topological polar surface area (TPSA) is 237 Å². The maximum atomic E-state index is 13.1. The summed E-state index contributed by atoms with van der Waals surface area (Å²) in [6.45, 7) is 14.3. The summed E-state index contributed by atoms with van der Waals surface area (Å²) in [7, 11) is -9.93. The van der Waals surface area contributed by atoms with Crippen molar-refractivity contribution in [3.63, 3.8) is 0 Å². The third-order valence-electron chi connectivity index (χ3n) is 20.4. The molecule has 105 heavy (non-hydrogen) atoms. The Balaban J connectivity index is 5.22. The highest BCUT2D eigenvalue weighted by molar-refractivity contribution is 7.47. The average molecular weight is 1540 g/mol. The van der Waals surface area contributed by atoms with Crippen LogP contribution in [0.3, 0.4) is 0 Å². The number of unbranched alkanes of at least 4 members (excludes halogenated alkanes) is 48. The number of carbonyl (C=O) groups excluding carboxylic acids is 4. The smallest absolute Gasteiger partial charge is 0.462 e. The van der Waals surface area contributed by atoms with Gasteiger partial charge in [-0.15, -0.1) is 0 Å². The van der Waals surface area contributed by atoms with Gasteiger partial charge in [0.2, 0.25) is 0 Å². The molecule has 6 atom stereocenters. The highest BCUT2D eigenvalue weighted by atomic mass is 31.2. The van der Waals surface area contributed by atoms with Gasteiger partial charge in [0.15, 0.2) is 12.2 Å². The van der Waals surface area contributed by atoms with Gasteiger partial charge in [0.1, 0.15) is 19.3 Å². The SMILES string of the molecule is CCC(C)CCCCCCCCCCCCCCCCC(=O)OC[C@H](COP(=O)(O)OCC(O)COP(=O)(O)OC[C@@H](COC(=O)CCCCCCCCC(C)C)OC(=O)CCCCCCCCCCCCCCCCCCC(C)C)OC(=O)CCCCCCCCCCCCCCCCCCC(C)C. The van der Waals surface area contributed by atoms with Crippen LogP contribution in [-0.4, -0.2) is 96.7 Å². The van der Waals surface area contributed by atoms with Crippen LogP contribution < -0.4 is 0 Å². The van der Waals surface area contributed by atoms with E-state index in [0.717, 1.165) is 114 Å². The number of phosphoric acid groups is 2. The summed E-state index contributed by atoms with van der Waals surface area (Å²) in [5, 5.41) is 10.7. The summed E-state index contributed by atoms with van der Waals surface area (Å²) >= 11 is 0. The Morgan fingerprint density at radius 2 is 0.457 bits per heavy atom. The van der Waals surface area contributed by atoms with Gasteiger partial charge >= 0.3 is 39.5 Å². The van der Waals surface area contributed by atoms with Gasteiger partial charge in [-0.25, -0.2) is 9.13 Å². The van der Waals surface area contributed by atoms with Gasteiger partial charge in [-0.3, -0.25) is 37.3 Å². The van der Waals surface area contributed by atoms with Gasteiger partial charge in [-0.2, -0.15) is 0 Å². The molecule has 0 aliphatic rings. The fraction of sp³-hybridized carbons (Fsp3) is 0.953. The van der Waals surface area contributed by atoms with E-state index in [1.807, 2.05) is 0 Å². The minimum atomic E-state index is -4.97. The number of aliphatic hydroxyl groups is 1. The lowest BCUT2D eigenvalue weighted by atomic mass is 9.99. The number of aliphatic hydroxyl groups excluding tert-OH is 1. The zero-order valence-electron chi connectivity index (χ0n) is 69.4. The van der Waals surface area contributed by atoms with E-state index < -0.39 is 97.5 Å². The van der Waals surface area contributed by atoms with Crippen molar-refractivity contribution in [3.8, 4) is 0 Å². The molecule has 624 valence electrons. The van der Waals surface area contributed by atoms with Crippen LogP contribution in [0.5, 0.6) is 0 Å². The Kier molecular flexibility index (Phi) is 73.4. The molecule has 4 unspecified atom stereocenters. The Morgan fingerprint density at radius 3 is 0.676 bits per heavy atom. The third-order valence-corrected chi connectivity index (χ3v) is 22.3. The average Bonchev–Trinajstić information content (AvgIpc) is 0.939. The maximum absolute atomic E-state index is 13.1. The lowest BCUT2D eigenvalue weighted by Gasteiger charge is -2.21. The number of carbonyl (C=O) groups is 4. The molecule has 0 heterocycles. The summed E-state index contributed by atoms with van der Waals surface area (Å²) in [4.78, 5) is 73.2. The minimum Gasteiger partial charge on any atom is -0.462 e. The van der Waals surface area contributed by atoms with E-state index >= 15 is 0 Å². The van der Waals surface area contributed by atoms with Crippen LogP contribution >= 0.6 is 15.6 Å². The fourth-order valence-electron chi connectivity index (χ4n) is 13.3. The van der Waals surface area contributed by atoms with Gasteiger partial charge in [-0.05, 0) is 49.4 Å². The van der Waals surface area contributed by atoms with E-state index in [0.29, 0.717) is 31.6 Å². The number of esters is 4. The summed E-state index contributed by atoms with van der Waals surface area (Å²) in [6, 6.07) is 0. The van der Waals surface area contributed by atoms with Crippen LogP contribution in [0, 0.1) is 23.7 Å². The molecule has 0 aliphatic heterocycles. The van der Waals surface area contributed by atoms with Gasteiger partial charge in [0.25, 0.3) is 0 Å². The number of rotatable bonds is 83. The summed E-state index contributed by atoms with van der Waals surface area (Å²) in [5.41, 5.74) is 0. The first kappa shape index (κ1) is 103. The van der Waals surface area contributed by atoms with Crippen molar-refractivity contribution in [3.05, 3.63) is 0 Å². The number of phosphoric ester groups is 2. The molecule has 0 bridgehead atoms. The molecule has 0 amide bonds. The molecule has 19 heteroatoms. The van der Waals surface area contributed by atoms with Crippen LogP contribution in [0.1, 0.15) is 447 Å².